The van der Waals surface area contributed by atoms with Gasteiger partial charge >= 0.3 is 0 Å². The van der Waals surface area contributed by atoms with Gasteiger partial charge in [0.05, 0.1) is 17.4 Å². The van der Waals surface area contributed by atoms with Crippen molar-refractivity contribution in [3.05, 3.63) is 24.0 Å². The first-order valence-electron chi connectivity index (χ1n) is 5.35. The Morgan fingerprint density at radius 3 is 2.94 bits per heavy atom. The molecule has 1 saturated heterocycles. The molecule has 0 spiro atoms. The molecular formula is C11H12N4O3. The number of carbonyl (C=O) groups is 3. The monoisotopic (exact) mass is 248 g/mol. The summed E-state index contributed by atoms with van der Waals surface area (Å²) in [4.78, 5) is 39.9. The summed E-state index contributed by atoms with van der Waals surface area (Å²) in [6.45, 7) is 1.39. The number of hydrogen-bond donors (Lipinski definition) is 2. The fourth-order valence-corrected chi connectivity index (χ4v) is 1.72. The molecular weight excluding hydrogens is 236 g/mol. The van der Waals surface area contributed by atoms with Crippen LogP contribution in [0.1, 0.15) is 17.3 Å². The van der Waals surface area contributed by atoms with E-state index in [-0.39, 0.29) is 17.8 Å². The third kappa shape index (κ3) is 2.02. The Hall–Kier alpha value is -2.44. The fraction of sp³-hybridized carbons (Fsp3) is 0.273. The van der Waals surface area contributed by atoms with Crippen molar-refractivity contribution in [2.45, 2.75) is 13.0 Å². The summed E-state index contributed by atoms with van der Waals surface area (Å²) in [5.74, 6) is -1.45. The van der Waals surface area contributed by atoms with Gasteiger partial charge in [-0.15, -0.1) is 0 Å². The molecule has 94 valence electrons. The Balaban J connectivity index is 2.31. The second kappa shape index (κ2) is 4.44. The van der Waals surface area contributed by atoms with E-state index in [0.717, 1.165) is 0 Å². The quantitative estimate of drug-likeness (QED) is 0.630. The van der Waals surface area contributed by atoms with Crippen LogP contribution < -0.4 is 11.1 Å². The maximum Gasteiger partial charge on any atom is 0.257 e. The largest absolute Gasteiger partial charge is 0.397 e. The van der Waals surface area contributed by atoms with E-state index in [4.69, 9.17) is 5.73 Å². The average Bonchev–Trinajstić information content (AvgIpc) is 2.33. The Bertz CT molecular complexity index is 529. The Morgan fingerprint density at radius 1 is 1.56 bits per heavy atom. The number of nitrogens with zero attached hydrogens (tertiary/aromatic N) is 2. The highest BCUT2D eigenvalue weighted by atomic mass is 16.2. The van der Waals surface area contributed by atoms with E-state index in [9.17, 15) is 14.4 Å². The molecule has 1 atom stereocenters. The zero-order valence-corrected chi connectivity index (χ0v) is 9.71. The molecule has 7 nitrogen and oxygen atoms in total. The molecule has 0 saturated carbocycles. The molecule has 1 aromatic rings. The molecule has 1 aliphatic rings. The van der Waals surface area contributed by atoms with E-state index >= 15 is 0 Å². The molecule has 0 radical (unpaired) electrons. The zero-order valence-electron chi connectivity index (χ0n) is 9.71. The molecule has 1 fully saturated rings. The van der Waals surface area contributed by atoms with Crippen LogP contribution in [0.15, 0.2) is 18.5 Å². The molecule has 3 N–H and O–H groups in total. The van der Waals surface area contributed by atoms with E-state index in [2.05, 4.69) is 10.3 Å². The molecule has 0 aliphatic carbocycles. The number of rotatable bonds is 1. The molecule has 2 heterocycles. The van der Waals surface area contributed by atoms with Crippen LogP contribution in [-0.2, 0) is 9.59 Å². The Morgan fingerprint density at radius 2 is 2.28 bits per heavy atom. The van der Waals surface area contributed by atoms with E-state index in [1.807, 2.05) is 0 Å². The van der Waals surface area contributed by atoms with Gasteiger partial charge in [0.1, 0.15) is 12.6 Å². The van der Waals surface area contributed by atoms with Crippen molar-refractivity contribution in [3.63, 3.8) is 0 Å². The van der Waals surface area contributed by atoms with Crippen LogP contribution in [-0.4, -0.2) is 40.2 Å². The smallest absolute Gasteiger partial charge is 0.257 e. The fourth-order valence-electron chi connectivity index (χ4n) is 1.72. The number of piperazine rings is 1. The predicted octanol–water partition coefficient (Wildman–Crippen LogP) is -0.849. The van der Waals surface area contributed by atoms with Gasteiger partial charge in [0, 0.05) is 6.20 Å². The van der Waals surface area contributed by atoms with Gasteiger partial charge in [0.15, 0.2) is 0 Å². The number of nitrogens with two attached hydrogens (primary N) is 1. The number of nitrogen functional groups attached to an aromatic ring is 1. The van der Waals surface area contributed by atoms with Crippen molar-refractivity contribution >= 4 is 23.4 Å². The van der Waals surface area contributed by atoms with E-state index < -0.39 is 23.8 Å². The molecule has 0 bridgehead atoms. The minimum Gasteiger partial charge on any atom is -0.397 e. The van der Waals surface area contributed by atoms with E-state index in [1.165, 1.54) is 23.4 Å². The van der Waals surface area contributed by atoms with Crippen LogP contribution in [0.3, 0.4) is 0 Å². The summed E-state index contributed by atoms with van der Waals surface area (Å²) < 4.78 is 0. The molecule has 1 aliphatic heterocycles. The number of imide groups is 1. The van der Waals surface area contributed by atoms with Gasteiger partial charge in [-0.05, 0) is 13.0 Å². The van der Waals surface area contributed by atoms with Gasteiger partial charge in [0.25, 0.3) is 5.91 Å². The number of amides is 3. The number of pyridine rings is 1. The lowest BCUT2D eigenvalue weighted by Crippen LogP contribution is -2.58. The highest BCUT2D eigenvalue weighted by Gasteiger charge is 2.34. The molecule has 18 heavy (non-hydrogen) atoms. The number of nitrogens with one attached hydrogen (secondary N) is 1. The molecule has 1 unspecified atom stereocenters. The van der Waals surface area contributed by atoms with Gasteiger partial charge in [-0.1, -0.05) is 0 Å². The van der Waals surface area contributed by atoms with Crippen LogP contribution in [0.5, 0.6) is 0 Å². The van der Waals surface area contributed by atoms with Crippen molar-refractivity contribution < 1.29 is 14.4 Å². The van der Waals surface area contributed by atoms with Gasteiger partial charge in [-0.3, -0.25) is 24.7 Å². The first kappa shape index (κ1) is 12.0. The SMILES string of the molecule is CC1C(=O)NC(=O)CN1C(=O)c1ccncc1N. The summed E-state index contributed by atoms with van der Waals surface area (Å²) in [7, 11) is 0. The summed E-state index contributed by atoms with van der Waals surface area (Å²) in [6, 6.07) is 0.754. The zero-order chi connectivity index (χ0) is 13.3. The number of carbonyl (C=O) groups excluding carboxylic acids is 3. The maximum absolute atomic E-state index is 12.2. The van der Waals surface area contributed by atoms with Gasteiger partial charge in [-0.2, -0.15) is 0 Å². The van der Waals surface area contributed by atoms with Crippen LogP contribution in [0.2, 0.25) is 0 Å². The first-order chi connectivity index (χ1) is 8.50. The highest BCUT2D eigenvalue weighted by molar-refractivity contribution is 6.08. The first-order valence-corrected chi connectivity index (χ1v) is 5.35. The Labute approximate surface area is 103 Å². The molecule has 1 aromatic heterocycles. The maximum atomic E-state index is 12.2. The average molecular weight is 248 g/mol. The summed E-state index contributed by atoms with van der Waals surface area (Å²) in [5, 5.41) is 2.16. The highest BCUT2D eigenvalue weighted by Crippen LogP contribution is 2.15. The van der Waals surface area contributed by atoms with Crippen molar-refractivity contribution in [2.75, 3.05) is 12.3 Å². The molecule has 2 rings (SSSR count). The summed E-state index contributed by atoms with van der Waals surface area (Å²) >= 11 is 0. The second-order valence-electron chi connectivity index (χ2n) is 3.98. The standard InChI is InChI=1S/C11H12N4O3/c1-6-10(17)14-9(16)5-15(6)11(18)7-2-3-13-4-8(7)12/h2-4,6H,5,12H2,1H3,(H,14,16,17). The van der Waals surface area contributed by atoms with Crippen molar-refractivity contribution in [2.24, 2.45) is 0 Å². The number of hydrogen-bond acceptors (Lipinski definition) is 5. The third-order valence-corrected chi connectivity index (χ3v) is 2.77. The van der Waals surface area contributed by atoms with Gasteiger partial charge in [-0.25, -0.2) is 0 Å². The van der Waals surface area contributed by atoms with Crippen LogP contribution >= 0.6 is 0 Å². The predicted molar refractivity (Wildman–Crippen MR) is 62.3 cm³/mol. The Kier molecular flexibility index (Phi) is 2.97. The lowest BCUT2D eigenvalue weighted by molar-refractivity contribution is -0.138. The van der Waals surface area contributed by atoms with E-state index in [1.54, 1.807) is 6.92 Å². The van der Waals surface area contributed by atoms with E-state index in [0.29, 0.717) is 0 Å². The summed E-state index contributed by atoms with van der Waals surface area (Å²) in [6.07, 6.45) is 2.78. The van der Waals surface area contributed by atoms with Crippen molar-refractivity contribution in [1.82, 2.24) is 15.2 Å². The van der Waals surface area contributed by atoms with Crippen molar-refractivity contribution in [3.8, 4) is 0 Å². The summed E-state index contributed by atoms with van der Waals surface area (Å²) in [5.41, 5.74) is 6.10. The van der Waals surface area contributed by atoms with Crippen LogP contribution in [0.4, 0.5) is 5.69 Å². The molecule has 7 heteroatoms. The lowest BCUT2D eigenvalue weighted by atomic mass is 10.1. The molecule has 0 aromatic carbocycles. The second-order valence-corrected chi connectivity index (χ2v) is 3.98. The van der Waals surface area contributed by atoms with Gasteiger partial charge in [0.2, 0.25) is 11.8 Å². The minimum atomic E-state index is -0.706. The topological polar surface area (TPSA) is 105 Å². The lowest BCUT2D eigenvalue weighted by Gasteiger charge is -2.31. The number of aromatic nitrogens is 1. The molecule has 3 amide bonds. The van der Waals surface area contributed by atoms with Crippen LogP contribution in [0.25, 0.3) is 0 Å². The third-order valence-electron chi connectivity index (χ3n) is 2.77. The van der Waals surface area contributed by atoms with Gasteiger partial charge < -0.3 is 10.6 Å². The number of anilines is 1. The normalized spacial score (nSPS) is 19.6. The minimum absolute atomic E-state index is 0.159. The van der Waals surface area contributed by atoms with Crippen molar-refractivity contribution in [1.29, 1.82) is 0 Å². The van der Waals surface area contributed by atoms with Crippen LogP contribution in [0, 0.1) is 0 Å².